The highest BCUT2D eigenvalue weighted by atomic mass is 31.2. The molecule has 0 amide bonds. The van der Waals surface area contributed by atoms with Gasteiger partial charge in [-0.3, -0.25) is 13.9 Å². The Kier molecular flexibility index (Phi) is 9.83. The number of anilines is 1. The van der Waals surface area contributed by atoms with Crippen LogP contribution in [0.5, 0.6) is 11.6 Å². The number of aliphatic hydroxyl groups excluding tert-OH is 1. The number of esters is 1. The number of azide groups is 1. The van der Waals surface area contributed by atoms with Gasteiger partial charge in [0.05, 0.1) is 31.7 Å². The van der Waals surface area contributed by atoms with Gasteiger partial charge in [0.25, 0.3) is 0 Å². The lowest BCUT2D eigenvalue weighted by molar-refractivity contribution is -0.149. The van der Waals surface area contributed by atoms with E-state index in [-0.39, 0.29) is 28.7 Å². The molecule has 0 bridgehead atoms. The van der Waals surface area contributed by atoms with E-state index in [9.17, 15) is 20.0 Å². The van der Waals surface area contributed by atoms with Gasteiger partial charge in [-0.25, -0.2) is 9.55 Å². The number of carbonyl (C=O) groups excluding carboxylic acids is 1. The molecule has 4 rings (SSSR count). The van der Waals surface area contributed by atoms with Gasteiger partial charge in [0.2, 0.25) is 11.8 Å². The highest BCUT2D eigenvalue weighted by Gasteiger charge is 2.46. The van der Waals surface area contributed by atoms with Gasteiger partial charge >= 0.3 is 13.7 Å². The van der Waals surface area contributed by atoms with Crippen molar-refractivity contribution in [2.45, 2.75) is 64.3 Å². The van der Waals surface area contributed by atoms with Crippen LogP contribution in [0.2, 0.25) is 0 Å². The van der Waals surface area contributed by atoms with E-state index in [1.54, 1.807) is 51.1 Å². The van der Waals surface area contributed by atoms with Crippen LogP contribution in [0.25, 0.3) is 21.6 Å². The molecular formula is C24H32N9O8P. The number of nitrogen functional groups attached to an aromatic ring is 1. The zero-order chi connectivity index (χ0) is 30.4. The zero-order valence-electron chi connectivity index (χ0n) is 23.3. The number of rotatable bonds is 13. The van der Waals surface area contributed by atoms with Crippen LogP contribution >= 0.6 is 7.75 Å². The number of aliphatic hydroxyl groups is 1. The van der Waals surface area contributed by atoms with Gasteiger partial charge in [0, 0.05) is 4.91 Å². The van der Waals surface area contributed by atoms with Crippen LogP contribution in [-0.4, -0.2) is 74.2 Å². The second-order valence-electron chi connectivity index (χ2n) is 9.43. The summed E-state index contributed by atoms with van der Waals surface area (Å²) >= 11 is 0. The molecule has 1 aromatic carbocycles. The Hall–Kier alpha value is -3.98. The van der Waals surface area contributed by atoms with E-state index in [0.717, 1.165) is 0 Å². The molecule has 226 valence electrons. The molecule has 0 aliphatic carbocycles. The minimum absolute atomic E-state index is 0.0957. The summed E-state index contributed by atoms with van der Waals surface area (Å²) in [5.41, 5.74) is 15.5. The average Bonchev–Trinajstić information content (AvgIpc) is 3.48. The van der Waals surface area contributed by atoms with Crippen molar-refractivity contribution in [3.05, 3.63) is 47.1 Å². The quantitative estimate of drug-likeness (QED) is 0.0837. The SMILES string of the molecule is CCOc1nc(N)nc2c1ncn2[C@@H]1O[C@H](CO[P@](=O)(N[C@@H](C)C(=O)OC(C)C)Oc2ccccc2)[C@@H](O)[C@H]1N=[N+]=[N-]. The Labute approximate surface area is 240 Å². The van der Waals surface area contributed by atoms with Crippen molar-refractivity contribution in [1.82, 2.24) is 24.6 Å². The van der Waals surface area contributed by atoms with Crippen molar-refractivity contribution in [3.63, 3.8) is 0 Å². The largest absolute Gasteiger partial charge is 0.476 e. The Morgan fingerprint density at radius 3 is 2.71 bits per heavy atom. The van der Waals surface area contributed by atoms with E-state index in [4.69, 9.17) is 29.0 Å². The maximum Gasteiger partial charge on any atom is 0.459 e. The van der Waals surface area contributed by atoms with Crippen molar-refractivity contribution >= 4 is 30.8 Å². The van der Waals surface area contributed by atoms with Crippen LogP contribution in [0.4, 0.5) is 5.95 Å². The number of aromatic nitrogens is 4. The van der Waals surface area contributed by atoms with Gasteiger partial charge in [0.15, 0.2) is 11.2 Å². The van der Waals surface area contributed by atoms with E-state index >= 15 is 0 Å². The zero-order valence-corrected chi connectivity index (χ0v) is 24.2. The summed E-state index contributed by atoms with van der Waals surface area (Å²) in [5.74, 6) is -0.428. The number of ether oxygens (including phenoxy) is 3. The second kappa shape index (κ2) is 13.3. The lowest BCUT2D eigenvalue weighted by atomic mass is 10.1. The first-order valence-corrected chi connectivity index (χ1v) is 14.6. The summed E-state index contributed by atoms with van der Waals surface area (Å²) in [4.78, 5) is 27.8. The van der Waals surface area contributed by atoms with Crippen LogP contribution in [0.3, 0.4) is 0 Å². The van der Waals surface area contributed by atoms with Gasteiger partial charge in [-0.15, -0.1) is 0 Å². The van der Waals surface area contributed by atoms with Crippen molar-refractivity contribution in [2.24, 2.45) is 5.11 Å². The molecule has 17 nitrogen and oxygen atoms in total. The van der Waals surface area contributed by atoms with Gasteiger partial charge in [-0.2, -0.15) is 15.1 Å². The number of nitrogens with zero attached hydrogens (tertiary/aromatic N) is 7. The summed E-state index contributed by atoms with van der Waals surface area (Å²) in [6.07, 6.45) is -2.74. The molecule has 0 unspecified atom stereocenters. The summed E-state index contributed by atoms with van der Waals surface area (Å²) in [7, 11) is -4.27. The Morgan fingerprint density at radius 2 is 2.05 bits per heavy atom. The topological polar surface area (TPSA) is 231 Å². The molecule has 42 heavy (non-hydrogen) atoms. The first-order valence-electron chi connectivity index (χ1n) is 13.0. The molecule has 1 aliphatic rings. The molecule has 4 N–H and O–H groups in total. The van der Waals surface area contributed by atoms with E-state index in [2.05, 4.69) is 30.1 Å². The lowest BCUT2D eigenvalue weighted by Gasteiger charge is -2.25. The van der Waals surface area contributed by atoms with Crippen LogP contribution in [0, 0.1) is 0 Å². The van der Waals surface area contributed by atoms with Crippen LogP contribution < -0.4 is 20.1 Å². The smallest absolute Gasteiger partial charge is 0.459 e. The number of nitrogens with one attached hydrogen (secondary N) is 1. The van der Waals surface area contributed by atoms with Crippen molar-refractivity contribution < 1.29 is 37.7 Å². The predicted molar refractivity (Wildman–Crippen MR) is 148 cm³/mol. The van der Waals surface area contributed by atoms with Gasteiger partial charge in [-0.1, -0.05) is 23.3 Å². The van der Waals surface area contributed by atoms with Gasteiger partial charge < -0.3 is 29.6 Å². The number of benzene rings is 1. The fourth-order valence-electron chi connectivity index (χ4n) is 4.12. The minimum Gasteiger partial charge on any atom is -0.476 e. The number of para-hydroxylation sites is 1. The third kappa shape index (κ3) is 7.07. The van der Waals surface area contributed by atoms with Gasteiger partial charge in [0.1, 0.15) is 30.2 Å². The fourth-order valence-corrected chi connectivity index (χ4v) is 5.62. The monoisotopic (exact) mass is 605 g/mol. The maximum absolute atomic E-state index is 13.8. The number of hydrogen-bond acceptors (Lipinski definition) is 13. The van der Waals surface area contributed by atoms with Crippen LogP contribution in [-0.2, 0) is 23.4 Å². The maximum atomic E-state index is 13.8. The standard InChI is InChI=1S/C24H32N9O8P/c1-5-37-21-18-20(28-24(25)29-21)33(12-27-18)22-17(30-32-26)19(34)16(40-22)11-38-42(36,41-15-9-7-6-8-10-15)31-14(4)23(35)39-13(2)3/h6-10,12-14,16-17,19,22,34H,5,11H2,1-4H3,(H,31,36)(H2,25,28,29)/t14-,16+,17+,19+,22+,42+/m0/s1. The Balaban J connectivity index is 1.58. The number of fused-ring (bicyclic) bond motifs is 1. The van der Waals surface area contributed by atoms with Crippen LogP contribution in [0.15, 0.2) is 41.8 Å². The lowest BCUT2D eigenvalue weighted by Crippen LogP contribution is -2.37. The number of carbonyl (C=O) groups is 1. The molecular weight excluding hydrogens is 573 g/mol. The fraction of sp³-hybridized carbons (Fsp3) is 0.500. The van der Waals surface area contributed by atoms with Gasteiger partial charge in [-0.05, 0) is 45.4 Å². The number of hydrogen-bond donors (Lipinski definition) is 3. The molecule has 1 saturated heterocycles. The Morgan fingerprint density at radius 1 is 1.31 bits per heavy atom. The Bertz CT molecular complexity index is 1480. The molecule has 3 heterocycles. The minimum atomic E-state index is -4.27. The van der Waals surface area contributed by atoms with E-state index in [1.165, 1.54) is 17.8 Å². The van der Waals surface area contributed by atoms with Crippen molar-refractivity contribution in [3.8, 4) is 11.6 Å². The summed E-state index contributed by atoms with van der Waals surface area (Å²) in [6, 6.07) is 5.92. The molecule has 0 spiro atoms. The van der Waals surface area contributed by atoms with Crippen LogP contribution in [0.1, 0.15) is 33.9 Å². The first kappa shape index (κ1) is 31.0. The second-order valence-corrected chi connectivity index (χ2v) is 11.1. The molecule has 1 aliphatic heterocycles. The summed E-state index contributed by atoms with van der Waals surface area (Å²) in [5, 5.41) is 17.3. The molecule has 18 heteroatoms. The molecule has 6 atom stereocenters. The summed E-state index contributed by atoms with van der Waals surface area (Å²) < 4.78 is 43.3. The highest BCUT2D eigenvalue weighted by Crippen LogP contribution is 2.46. The predicted octanol–water partition coefficient (Wildman–Crippen LogP) is 2.88. The highest BCUT2D eigenvalue weighted by molar-refractivity contribution is 7.52. The van der Waals surface area contributed by atoms with E-state index in [1.807, 2.05) is 0 Å². The summed E-state index contributed by atoms with van der Waals surface area (Å²) in [6.45, 7) is 6.37. The molecule has 3 aromatic rings. The third-order valence-electron chi connectivity index (χ3n) is 5.92. The first-order chi connectivity index (χ1) is 20.0. The number of nitrogens with two attached hydrogens (primary N) is 1. The van der Waals surface area contributed by atoms with E-state index < -0.39 is 56.9 Å². The third-order valence-corrected chi connectivity index (χ3v) is 7.56. The van der Waals surface area contributed by atoms with Crippen molar-refractivity contribution in [1.29, 1.82) is 0 Å². The molecule has 2 aromatic heterocycles. The van der Waals surface area contributed by atoms with E-state index in [0.29, 0.717) is 6.61 Å². The number of imidazole rings is 1. The average molecular weight is 606 g/mol. The molecule has 1 fully saturated rings. The molecule has 0 radical (unpaired) electrons. The van der Waals surface area contributed by atoms with Crippen molar-refractivity contribution in [2.75, 3.05) is 18.9 Å². The normalized spacial score (nSPS) is 22.3. The molecule has 0 saturated carbocycles.